The summed E-state index contributed by atoms with van der Waals surface area (Å²) < 4.78 is 5.60. The third-order valence-corrected chi connectivity index (χ3v) is 2.39. The van der Waals surface area contributed by atoms with E-state index in [-0.39, 0.29) is 0 Å². The minimum atomic E-state index is 0.401. The molecule has 1 heterocycles. The molecule has 1 aromatic heterocycles. The van der Waals surface area contributed by atoms with Gasteiger partial charge in [-0.15, -0.1) is 0 Å². The van der Waals surface area contributed by atoms with Crippen molar-refractivity contribution in [3.05, 3.63) is 41.2 Å². The molecule has 0 fully saturated rings. The number of hydrogen-bond acceptors (Lipinski definition) is 5. The first-order chi connectivity index (χ1) is 8.19. The summed E-state index contributed by atoms with van der Waals surface area (Å²) in [5, 5.41) is 0.608. The fourth-order valence-corrected chi connectivity index (χ4v) is 1.43. The zero-order chi connectivity index (χ0) is 12.3. The molecule has 2 aromatic rings. The summed E-state index contributed by atoms with van der Waals surface area (Å²) in [7, 11) is 0. The summed E-state index contributed by atoms with van der Waals surface area (Å²) in [4.78, 5) is 7.87. The Labute approximate surface area is 104 Å². The van der Waals surface area contributed by atoms with Gasteiger partial charge in [0.05, 0.1) is 0 Å². The van der Waals surface area contributed by atoms with E-state index < -0.39 is 0 Å². The fraction of sp³-hybridized carbons (Fsp3) is 0.0909. The Hall–Kier alpha value is -1.85. The van der Waals surface area contributed by atoms with Crippen LogP contribution >= 0.6 is 11.6 Å². The van der Waals surface area contributed by atoms with Crippen molar-refractivity contribution in [3.63, 3.8) is 0 Å². The molecule has 5 nitrogen and oxygen atoms in total. The number of aromatic nitrogens is 2. The summed E-state index contributed by atoms with van der Waals surface area (Å²) in [5.41, 5.74) is 3.39. The van der Waals surface area contributed by atoms with Gasteiger partial charge < -0.3 is 10.2 Å². The Morgan fingerprint density at radius 1 is 1.29 bits per heavy atom. The van der Waals surface area contributed by atoms with E-state index in [2.05, 4.69) is 15.4 Å². The first kappa shape index (κ1) is 11.6. The SMILES string of the molecule is Cc1ccc(Cl)cc1Oc1cc(NN)ncn1. The van der Waals surface area contributed by atoms with Gasteiger partial charge in [0.15, 0.2) is 0 Å². The van der Waals surface area contributed by atoms with E-state index in [1.807, 2.05) is 13.0 Å². The van der Waals surface area contributed by atoms with Gasteiger partial charge in [-0.25, -0.2) is 15.8 Å². The number of hydrogen-bond donors (Lipinski definition) is 2. The van der Waals surface area contributed by atoms with Gasteiger partial charge in [-0.1, -0.05) is 17.7 Å². The normalized spacial score (nSPS) is 10.1. The topological polar surface area (TPSA) is 73.1 Å². The Bertz CT molecular complexity index is 533. The number of nitrogens with one attached hydrogen (secondary N) is 1. The molecule has 0 amide bonds. The number of nitrogen functional groups attached to an aromatic ring is 1. The summed E-state index contributed by atoms with van der Waals surface area (Å²) in [6, 6.07) is 7.01. The molecule has 0 bridgehead atoms. The quantitative estimate of drug-likeness (QED) is 0.647. The second-order valence-electron chi connectivity index (χ2n) is 3.40. The molecule has 0 atom stereocenters. The maximum atomic E-state index is 5.90. The lowest BCUT2D eigenvalue weighted by molar-refractivity contribution is 0.458. The standard InChI is InChI=1S/C11H11ClN4O/c1-7-2-3-8(12)4-9(7)17-11-5-10(16-13)14-6-15-11/h2-6H,13H2,1H3,(H,14,15,16). The highest BCUT2D eigenvalue weighted by atomic mass is 35.5. The first-order valence-electron chi connectivity index (χ1n) is 4.91. The number of aryl methyl sites for hydroxylation is 1. The predicted octanol–water partition coefficient (Wildman–Crippen LogP) is 2.52. The van der Waals surface area contributed by atoms with Crippen LogP contribution in [0.1, 0.15) is 5.56 Å². The first-order valence-corrected chi connectivity index (χ1v) is 5.29. The summed E-state index contributed by atoms with van der Waals surface area (Å²) >= 11 is 5.90. The van der Waals surface area contributed by atoms with Crippen LogP contribution in [-0.4, -0.2) is 9.97 Å². The van der Waals surface area contributed by atoms with E-state index in [4.69, 9.17) is 22.2 Å². The Kier molecular flexibility index (Phi) is 3.41. The maximum Gasteiger partial charge on any atom is 0.224 e. The van der Waals surface area contributed by atoms with Crippen molar-refractivity contribution in [1.82, 2.24) is 9.97 Å². The number of nitrogens with two attached hydrogens (primary N) is 1. The molecular formula is C11H11ClN4O. The zero-order valence-corrected chi connectivity index (χ0v) is 9.90. The second-order valence-corrected chi connectivity index (χ2v) is 3.83. The molecule has 0 unspecified atom stereocenters. The highest BCUT2D eigenvalue weighted by molar-refractivity contribution is 6.30. The monoisotopic (exact) mass is 250 g/mol. The second kappa shape index (κ2) is 4.99. The van der Waals surface area contributed by atoms with Gasteiger partial charge in [-0.2, -0.15) is 0 Å². The van der Waals surface area contributed by atoms with Gasteiger partial charge in [0.1, 0.15) is 17.9 Å². The van der Waals surface area contributed by atoms with Gasteiger partial charge in [-0.3, -0.25) is 0 Å². The summed E-state index contributed by atoms with van der Waals surface area (Å²) in [6.45, 7) is 1.93. The molecule has 88 valence electrons. The molecular weight excluding hydrogens is 240 g/mol. The summed E-state index contributed by atoms with van der Waals surface area (Å²) in [6.07, 6.45) is 1.37. The van der Waals surface area contributed by atoms with E-state index in [0.717, 1.165) is 5.56 Å². The molecule has 0 spiro atoms. The lowest BCUT2D eigenvalue weighted by Crippen LogP contribution is -2.08. The molecule has 6 heteroatoms. The number of benzene rings is 1. The Balaban J connectivity index is 2.27. The Morgan fingerprint density at radius 3 is 2.88 bits per heavy atom. The van der Waals surface area contributed by atoms with Crippen molar-refractivity contribution in [1.29, 1.82) is 0 Å². The van der Waals surface area contributed by atoms with Crippen molar-refractivity contribution in [2.45, 2.75) is 6.92 Å². The molecule has 2 rings (SSSR count). The highest BCUT2D eigenvalue weighted by Gasteiger charge is 2.04. The number of hydrazine groups is 1. The van der Waals surface area contributed by atoms with Gasteiger partial charge in [0, 0.05) is 11.1 Å². The number of rotatable bonds is 3. The van der Waals surface area contributed by atoms with E-state index in [1.54, 1.807) is 18.2 Å². The van der Waals surface area contributed by atoms with E-state index in [1.165, 1.54) is 6.33 Å². The molecule has 3 N–H and O–H groups in total. The molecule has 0 radical (unpaired) electrons. The lowest BCUT2D eigenvalue weighted by atomic mass is 10.2. The van der Waals surface area contributed by atoms with E-state index >= 15 is 0 Å². The predicted molar refractivity (Wildman–Crippen MR) is 66.1 cm³/mol. The molecule has 0 aliphatic heterocycles. The van der Waals surface area contributed by atoms with Gasteiger partial charge in [0.25, 0.3) is 0 Å². The third-order valence-electron chi connectivity index (χ3n) is 2.15. The number of ether oxygens (including phenoxy) is 1. The van der Waals surface area contributed by atoms with Crippen LogP contribution in [0.15, 0.2) is 30.6 Å². The third kappa shape index (κ3) is 2.83. The van der Waals surface area contributed by atoms with Crippen molar-refractivity contribution in [3.8, 4) is 11.6 Å². The molecule has 0 saturated carbocycles. The molecule has 1 aromatic carbocycles. The van der Waals surface area contributed by atoms with Crippen LogP contribution in [0.3, 0.4) is 0 Å². The minimum absolute atomic E-state index is 0.401. The maximum absolute atomic E-state index is 5.90. The van der Waals surface area contributed by atoms with Crippen LogP contribution in [-0.2, 0) is 0 Å². The lowest BCUT2D eigenvalue weighted by Gasteiger charge is -2.08. The Morgan fingerprint density at radius 2 is 2.12 bits per heavy atom. The van der Waals surface area contributed by atoms with E-state index in [9.17, 15) is 0 Å². The van der Waals surface area contributed by atoms with Crippen LogP contribution in [0.2, 0.25) is 5.02 Å². The van der Waals surface area contributed by atoms with Gasteiger partial charge in [0.2, 0.25) is 5.88 Å². The average molecular weight is 251 g/mol. The molecule has 0 aliphatic rings. The van der Waals surface area contributed by atoms with Crippen LogP contribution < -0.4 is 16.0 Å². The number of anilines is 1. The van der Waals surface area contributed by atoms with E-state index in [0.29, 0.717) is 22.5 Å². The smallest absolute Gasteiger partial charge is 0.224 e. The zero-order valence-electron chi connectivity index (χ0n) is 9.14. The van der Waals surface area contributed by atoms with Gasteiger partial charge >= 0.3 is 0 Å². The number of nitrogens with zero attached hydrogens (tertiary/aromatic N) is 2. The molecule has 0 aliphatic carbocycles. The molecule has 0 saturated heterocycles. The van der Waals surface area contributed by atoms with Crippen molar-refractivity contribution in [2.24, 2.45) is 5.84 Å². The van der Waals surface area contributed by atoms with Crippen LogP contribution in [0.4, 0.5) is 5.82 Å². The fourth-order valence-electron chi connectivity index (χ4n) is 1.27. The minimum Gasteiger partial charge on any atom is -0.439 e. The number of halogens is 1. The van der Waals surface area contributed by atoms with Crippen LogP contribution in [0.25, 0.3) is 0 Å². The average Bonchev–Trinajstić information content (AvgIpc) is 2.34. The largest absolute Gasteiger partial charge is 0.439 e. The summed E-state index contributed by atoms with van der Waals surface area (Å²) in [5.74, 6) is 6.78. The highest BCUT2D eigenvalue weighted by Crippen LogP contribution is 2.27. The van der Waals surface area contributed by atoms with Crippen molar-refractivity contribution >= 4 is 17.4 Å². The van der Waals surface area contributed by atoms with Crippen molar-refractivity contribution < 1.29 is 4.74 Å². The van der Waals surface area contributed by atoms with Crippen LogP contribution in [0.5, 0.6) is 11.6 Å². The van der Waals surface area contributed by atoms with Gasteiger partial charge in [-0.05, 0) is 24.6 Å². The van der Waals surface area contributed by atoms with Crippen molar-refractivity contribution in [2.75, 3.05) is 5.43 Å². The molecule has 17 heavy (non-hydrogen) atoms. The van der Waals surface area contributed by atoms with Crippen LogP contribution in [0, 0.1) is 6.92 Å².